The van der Waals surface area contributed by atoms with Crippen molar-refractivity contribution in [2.24, 2.45) is 5.92 Å². The second kappa shape index (κ2) is 7.11. The number of hydrogen-bond acceptors (Lipinski definition) is 4. The first-order chi connectivity index (χ1) is 11.6. The molecule has 126 valence electrons. The molecule has 0 spiro atoms. The molecule has 1 aromatic heterocycles. The molecule has 0 bridgehead atoms. The third-order valence-electron chi connectivity index (χ3n) is 4.70. The van der Waals surface area contributed by atoms with E-state index >= 15 is 0 Å². The third kappa shape index (κ3) is 3.32. The van der Waals surface area contributed by atoms with E-state index in [4.69, 9.17) is 0 Å². The molecule has 24 heavy (non-hydrogen) atoms. The SMILES string of the molecule is CCC1C(NC(=O)c2ccc(C)cc2C)NNC1c1ccncc1. The average Bonchev–Trinajstić information content (AvgIpc) is 2.98. The van der Waals surface area contributed by atoms with Crippen molar-refractivity contribution in [2.45, 2.75) is 39.4 Å². The summed E-state index contributed by atoms with van der Waals surface area (Å²) < 4.78 is 0. The molecule has 1 saturated heterocycles. The molecule has 3 N–H and O–H groups in total. The van der Waals surface area contributed by atoms with Crippen molar-refractivity contribution >= 4 is 5.91 Å². The van der Waals surface area contributed by atoms with Gasteiger partial charge in [0.1, 0.15) is 0 Å². The Labute approximate surface area is 142 Å². The number of carbonyl (C=O) groups is 1. The molecule has 2 heterocycles. The summed E-state index contributed by atoms with van der Waals surface area (Å²) in [6.45, 7) is 6.15. The van der Waals surface area contributed by atoms with Crippen LogP contribution in [0.15, 0.2) is 42.7 Å². The summed E-state index contributed by atoms with van der Waals surface area (Å²) in [5, 5.41) is 3.13. The van der Waals surface area contributed by atoms with Crippen LogP contribution < -0.4 is 16.2 Å². The van der Waals surface area contributed by atoms with Gasteiger partial charge in [-0.1, -0.05) is 24.6 Å². The van der Waals surface area contributed by atoms with E-state index in [-0.39, 0.29) is 24.0 Å². The second-order valence-electron chi connectivity index (χ2n) is 6.39. The van der Waals surface area contributed by atoms with Gasteiger partial charge in [0.15, 0.2) is 0 Å². The van der Waals surface area contributed by atoms with Gasteiger partial charge >= 0.3 is 0 Å². The van der Waals surface area contributed by atoms with Crippen molar-refractivity contribution in [1.29, 1.82) is 0 Å². The van der Waals surface area contributed by atoms with Crippen LogP contribution in [0.1, 0.15) is 46.4 Å². The Hall–Kier alpha value is -2.24. The number of amides is 1. The van der Waals surface area contributed by atoms with E-state index in [0.717, 1.165) is 23.1 Å². The molecule has 0 radical (unpaired) electrons. The lowest BCUT2D eigenvalue weighted by Crippen LogP contribution is -2.47. The Morgan fingerprint density at radius 2 is 1.92 bits per heavy atom. The molecule has 3 rings (SSSR count). The van der Waals surface area contributed by atoms with Crippen LogP contribution in [0.3, 0.4) is 0 Å². The van der Waals surface area contributed by atoms with E-state index < -0.39 is 0 Å². The number of nitrogens with zero attached hydrogens (tertiary/aromatic N) is 1. The molecular formula is C19H24N4O. The predicted molar refractivity (Wildman–Crippen MR) is 94.2 cm³/mol. The van der Waals surface area contributed by atoms with E-state index in [2.05, 4.69) is 28.1 Å². The van der Waals surface area contributed by atoms with Crippen LogP contribution in [0.4, 0.5) is 0 Å². The highest BCUT2D eigenvalue weighted by Crippen LogP contribution is 2.30. The van der Waals surface area contributed by atoms with Crippen molar-refractivity contribution in [3.8, 4) is 0 Å². The highest BCUT2D eigenvalue weighted by Gasteiger charge is 2.36. The Kier molecular flexibility index (Phi) is 4.92. The average molecular weight is 324 g/mol. The fourth-order valence-corrected chi connectivity index (χ4v) is 3.39. The van der Waals surface area contributed by atoms with Crippen molar-refractivity contribution in [3.05, 3.63) is 65.0 Å². The smallest absolute Gasteiger partial charge is 0.252 e. The summed E-state index contributed by atoms with van der Waals surface area (Å²) >= 11 is 0. The molecule has 3 unspecified atom stereocenters. The fraction of sp³-hybridized carbons (Fsp3) is 0.368. The zero-order chi connectivity index (χ0) is 17.1. The number of pyridine rings is 1. The molecule has 1 aliphatic heterocycles. The molecule has 1 amide bonds. The number of hydrazine groups is 1. The Morgan fingerprint density at radius 1 is 1.17 bits per heavy atom. The van der Waals surface area contributed by atoms with Gasteiger partial charge in [-0.3, -0.25) is 9.78 Å². The van der Waals surface area contributed by atoms with Crippen LogP contribution in [-0.4, -0.2) is 17.1 Å². The molecule has 0 saturated carbocycles. The van der Waals surface area contributed by atoms with Crippen molar-refractivity contribution < 1.29 is 4.79 Å². The standard InChI is InChI=1S/C19H24N4O/c1-4-15-17(14-7-9-20-10-8-14)22-23-18(15)21-19(24)16-6-5-12(2)11-13(16)3/h5-11,15,17-18,22-23H,4H2,1-3H3,(H,21,24). The Bertz CT molecular complexity index is 717. The lowest BCUT2D eigenvalue weighted by atomic mass is 9.91. The van der Waals surface area contributed by atoms with Crippen LogP contribution in [0, 0.1) is 19.8 Å². The van der Waals surface area contributed by atoms with Crippen LogP contribution in [0.25, 0.3) is 0 Å². The van der Waals surface area contributed by atoms with Gasteiger partial charge in [-0.05, 0) is 49.6 Å². The molecular weight excluding hydrogens is 300 g/mol. The molecule has 1 fully saturated rings. The third-order valence-corrected chi connectivity index (χ3v) is 4.70. The highest BCUT2D eigenvalue weighted by molar-refractivity contribution is 5.95. The minimum absolute atomic E-state index is 0.0411. The maximum Gasteiger partial charge on any atom is 0.252 e. The fourth-order valence-electron chi connectivity index (χ4n) is 3.39. The van der Waals surface area contributed by atoms with Gasteiger partial charge < -0.3 is 5.32 Å². The maximum absolute atomic E-state index is 12.6. The quantitative estimate of drug-likeness (QED) is 0.809. The molecule has 5 nitrogen and oxygen atoms in total. The van der Waals surface area contributed by atoms with E-state index in [1.165, 1.54) is 5.56 Å². The lowest BCUT2D eigenvalue weighted by Gasteiger charge is -2.23. The summed E-state index contributed by atoms with van der Waals surface area (Å²) in [5.74, 6) is 0.225. The van der Waals surface area contributed by atoms with Crippen molar-refractivity contribution in [2.75, 3.05) is 0 Å². The van der Waals surface area contributed by atoms with Crippen molar-refractivity contribution in [3.63, 3.8) is 0 Å². The topological polar surface area (TPSA) is 66.1 Å². The molecule has 1 aliphatic rings. The Balaban J connectivity index is 1.74. The summed E-state index contributed by atoms with van der Waals surface area (Å²) in [6, 6.07) is 10.1. The van der Waals surface area contributed by atoms with Crippen LogP contribution in [0.2, 0.25) is 0 Å². The zero-order valence-corrected chi connectivity index (χ0v) is 14.3. The summed E-state index contributed by atoms with van der Waals surface area (Å²) in [5.41, 5.74) is 10.6. The van der Waals surface area contributed by atoms with E-state index in [0.29, 0.717) is 0 Å². The number of hydrogen-bond donors (Lipinski definition) is 3. The lowest BCUT2D eigenvalue weighted by molar-refractivity contribution is 0.0919. The van der Waals surface area contributed by atoms with Gasteiger partial charge in [-0.2, -0.15) is 0 Å². The normalized spacial score (nSPS) is 23.2. The molecule has 3 atom stereocenters. The van der Waals surface area contributed by atoms with Gasteiger partial charge in [-0.15, -0.1) is 0 Å². The number of carbonyl (C=O) groups excluding carboxylic acids is 1. The first-order valence-electron chi connectivity index (χ1n) is 8.39. The summed E-state index contributed by atoms with van der Waals surface area (Å²) in [6.07, 6.45) is 4.43. The van der Waals surface area contributed by atoms with E-state index in [1.807, 2.05) is 44.2 Å². The highest BCUT2D eigenvalue weighted by atomic mass is 16.1. The van der Waals surface area contributed by atoms with Gasteiger partial charge in [0.05, 0.1) is 12.2 Å². The molecule has 0 aliphatic carbocycles. The van der Waals surface area contributed by atoms with Gasteiger partial charge in [0.25, 0.3) is 5.91 Å². The number of rotatable bonds is 4. The molecule has 1 aromatic carbocycles. The van der Waals surface area contributed by atoms with Crippen LogP contribution >= 0.6 is 0 Å². The first kappa shape index (κ1) is 16.6. The Morgan fingerprint density at radius 3 is 2.58 bits per heavy atom. The minimum atomic E-state index is -0.110. The zero-order valence-electron chi connectivity index (χ0n) is 14.3. The number of benzene rings is 1. The predicted octanol–water partition coefficient (Wildman–Crippen LogP) is 2.63. The molecule has 5 heteroatoms. The molecule has 2 aromatic rings. The van der Waals surface area contributed by atoms with Crippen LogP contribution in [0.5, 0.6) is 0 Å². The monoisotopic (exact) mass is 324 g/mol. The van der Waals surface area contributed by atoms with E-state index in [1.54, 1.807) is 12.4 Å². The van der Waals surface area contributed by atoms with Crippen LogP contribution in [-0.2, 0) is 0 Å². The maximum atomic E-state index is 12.6. The second-order valence-corrected chi connectivity index (χ2v) is 6.39. The summed E-state index contributed by atoms with van der Waals surface area (Å²) in [4.78, 5) is 16.7. The minimum Gasteiger partial charge on any atom is -0.335 e. The van der Waals surface area contributed by atoms with Crippen molar-refractivity contribution in [1.82, 2.24) is 21.2 Å². The first-order valence-corrected chi connectivity index (χ1v) is 8.39. The van der Waals surface area contributed by atoms with Gasteiger partial charge in [-0.25, -0.2) is 10.9 Å². The van der Waals surface area contributed by atoms with Gasteiger partial charge in [0, 0.05) is 23.9 Å². The number of aryl methyl sites for hydroxylation is 2. The number of aromatic nitrogens is 1. The van der Waals surface area contributed by atoms with E-state index in [9.17, 15) is 4.79 Å². The van der Waals surface area contributed by atoms with Gasteiger partial charge in [0.2, 0.25) is 0 Å². The summed E-state index contributed by atoms with van der Waals surface area (Å²) in [7, 11) is 0. The largest absolute Gasteiger partial charge is 0.335 e. The number of nitrogens with one attached hydrogen (secondary N) is 3.